The summed E-state index contributed by atoms with van der Waals surface area (Å²) >= 11 is 0. The molecule has 1 atom stereocenters. The molecule has 3 heteroatoms. The summed E-state index contributed by atoms with van der Waals surface area (Å²) in [5.41, 5.74) is 0.373. The smallest absolute Gasteiger partial charge is 0.0223 e. The maximum Gasteiger partial charge on any atom is 0.0223 e. The summed E-state index contributed by atoms with van der Waals surface area (Å²) in [7, 11) is 0. The lowest BCUT2D eigenvalue weighted by Gasteiger charge is -2.34. The monoisotopic (exact) mass is 267 g/mol. The third kappa shape index (κ3) is 4.73. The van der Waals surface area contributed by atoms with Gasteiger partial charge in [0.05, 0.1) is 0 Å². The highest BCUT2D eigenvalue weighted by Crippen LogP contribution is 2.24. The van der Waals surface area contributed by atoms with Crippen molar-refractivity contribution >= 4 is 0 Å². The van der Waals surface area contributed by atoms with Crippen molar-refractivity contribution in [1.29, 1.82) is 0 Å². The Balaban J connectivity index is 1.83. The molecular formula is C16H33N3. The highest BCUT2D eigenvalue weighted by molar-refractivity contribution is 4.87. The van der Waals surface area contributed by atoms with Crippen LogP contribution in [-0.2, 0) is 0 Å². The number of nitrogens with zero attached hydrogens (tertiary/aromatic N) is 2. The van der Waals surface area contributed by atoms with Gasteiger partial charge in [0, 0.05) is 31.7 Å². The van der Waals surface area contributed by atoms with Crippen LogP contribution in [0.3, 0.4) is 0 Å². The molecule has 0 amide bonds. The van der Waals surface area contributed by atoms with Crippen LogP contribution in [0.2, 0.25) is 0 Å². The quantitative estimate of drug-likeness (QED) is 0.824. The number of rotatable bonds is 5. The Hall–Kier alpha value is -0.120. The maximum absolute atomic E-state index is 3.60. The predicted molar refractivity (Wildman–Crippen MR) is 82.6 cm³/mol. The molecule has 2 aliphatic heterocycles. The van der Waals surface area contributed by atoms with Gasteiger partial charge in [-0.25, -0.2) is 0 Å². The number of hydrogen-bond donors (Lipinski definition) is 1. The molecule has 1 unspecified atom stereocenters. The molecule has 0 aliphatic carbocycles. The molecule has 3 nitrogen and oxygen atoms in total. The van der Waals surface area contributed by atoms with Crippen molar-refractivity contribution in [2.45, 2.75) is 59.0 Å². The molecule has 19 heavy (non-hydrogen) atoms. The van der Waals surface area contributed by atoms with Crippen LogP contribution in [0.15, 0.2) is 0 Å². The molecule has 0 aromatic carbocycles. The van der Waals surface area contributed by atoms with Crippen molar-refractivity contribution < 1.29 is 0 Å². The Morgan fingerprint density at radius 1 is 1.16 bits per heavy atom. The van der Waals surface area contributed by atoms with Gasteiger partial charge in [0.2, 0.25) is 0 Å². The Kier molecular flexibility index (Phi) is 5.27. The summed E-state index contributed by atoms with van der Waals surface area (Å²) in [6.45, 7) is 16.9. The van der Waals surface area contributed by atoms with E-state index in [1.807, 2.05) is 0 Å². The zero-order valence-electron chi connectivity index (χ0n) is 13.4. The maximum atomic E-state index is 3.60. The van der Waals surface area contributed by atoms with E-state index in [1.165, 1.54) is 52.0 Å². The summed E-state index contributed by atoms with van der Waals surface area (Å²) < 4.78 is 0. The minimum atomic E-state index is 0.373. The molecule has 2 saturated heterocycles. The van der Waals surface area contributed by atoms with E-state index in [9.17, 15) is 0 Å². The van der Waals surface area contributed by atoms with Crippen molar-refractivity contribution in [3.8, 4) is 0 Å². The van der Waals surface area contributed by atoms with Gasteiger partial charge in [-0.3, -0.25) is 4.90 Å². The van der Waals surface area contributed by atoms with Crippen LogP contribution in [0, 0.1) is 5.41 Å². The fourth-order valence-corrected chi connectivity index (χ4v) is 3.57. The van der Waals surface area contributed by atoms with E-state index in [2.05, 4.69) is 42.8 Å². The van der Waals surface area contributed by atoms with Crippen LogP contribution in [0.1, 0.15) is 47.0 Å². The second kappa shape index (κ2) is 6.55. The molecule has 0 aromatic rings. The zero-order chi connectivity index (χ0) is 13.9. The average Bonchev–Trinajstić information content (AvgIpc) is 2.66. The van der Waals surface area contributed by atoms with E-state index in [4.69, 9.17) is 0 Å². The molecule has 2 fully saturated rings. The molecule has 2 rings (SSSR count). The van der Waals surface area contributed by atoms with Gasteiger partial charge in [0.25, 0.3) is 0 Å². The Labute approximate surface area is 119 Å². The fraction of sp³-hybridized carbons (Fsp3) is 1.00. The van der Waals surface area contributed by atoms with Crippen molar-refractivity contribution in [3.05, 3.63) is 0 Å². The van der Waals surface area contributed by atoms with Gasteiger partial charge < -0.3 is 10.2 Å². The summed E-state index contributed by atoms with van der Waals surface area (Å²) in [5.74, 6) is 0. The van der Waals surface area contributed by atoms with Crippen LogP contribution in [0.5, 0.6) is 0 Å². The number of hydrogen-bond acceptors (Lipinski definition) is 3. The number of fused-ring (bicyclic) bond motifs is 1. The van der Waals surface area contributed by atoms with E-state index in [0.717, 1.165) is 12.6 Å². The molecule has 0 spiro atoms. The van der Waals surface area contributed by atoms with Gasteiger partial charge in [-0.2, -0.15) is 0 Å². The first-order valence-electron chi connectivity index (χ1n) is 8.16. The first-order valence-corrected chi connectivity index (χ1v) is 8.16. The molecule has 2 aliphatic rings. The van der Waals surface area contributed by atoms with Crippen LogP contribution in [-0.4, -0.2) is 61.2 Å². The Morgan fingerprint density at radius 2 is 1.89 bits per heavy atom. The lowest BCUT2D eigenvalue weighted by atomic mass is 9.92. The second-order valence-electron chi connectivity index (χ2n) is 7.62. The van der Waals surface area contributed by atoms with Gasteiger partial charge in [-0.15, -0.1) is 0 Å². The minimum Gasteiger partial charge on any atom is -0.314 e. The summed E-state index contributed by atoms with van der Waals surface area (Å²) in [6.07, 6.45) is 4.18. The first kappa shape index (κ1) is 15.3. The second-order valence-corrected chi connectivity index (χ2v) is 7.62. The van der Waals surface area contributed by atoms with Crippen LogP contribution in [0.4, 0.5) is 0 Å². The van der Waals surface area contributed by atoms with Gasteiger partial charge in [0.1, 0.15) is 0 Å². The molecular weight excluding hydrogens is 234 g/mol. The van der Waals surface area contributed by atoms with Gasteiger partial charge in [-0.1, -0.05) is 27.7 Å². The molecule has 2 heterocycles. The first-order chi connectivity index (χ1) is 8.96. The van der Waals surface area contributed by atoms with Gasteiger partial charge in [0.15, 0.2) is 0 Å². The van der Waals surface area contributed by atoms with Crippen LogP contribution in [0.25, 0.3) is 0 Å². The van der Waals surface area contributed by atoms with E-state index >= 15 is 0 Å². The van der Waals surface area contributed by atoms with Crippen molar-refractivity contribution in [2.75, 3.05) is 39.3 Å². The molecule has 1 N–H and O–H groups in total. The Morgan fingerprint density at radius 3 is 2.63 bits per heavy atom. The number of nitrogens with one attached hydrogen (secondary N) is 1. The van der Waals surface area contributed by atoms with Crippen molar-refractivity contribution in [3.63, 3.8) is 0 Å². The van der Waals surface area contributed by atoms with E-state index < -0.39 is 0 Å². The summed E-state index contributed by atoms with van der Waals surface area (Å²) in [5, 5.41) is 3.60. The van der Waals surface area contributed by atoms with E-state index in [1.54, 1.807) is 0 Å². The van der Waals surface area contributed by atoms with Crippen LogP contribution < -0.4 is 5.32 Å². The van der Waals surface area contributed by atoms with E-state index in [0.29, 0.717) is 11.5 Å². The topological polar surface area (TPSA) is 18.5 Å². The zero-order valence-corrected chi connectivity index (χ0v) is 13.4. The molecule has 0 aromatic heterocycles. The highest BCUT2D eigenvalue weighted by Gasteiger charge is 2.31. The molecule has 0 saturated carbocycles. The predicted octanol–water partition coefficient (Wildman–Crippen LogP) is 2.18. The van der Waals surface area contributed by atoms with Crippen molar-refractivity contribution in [2.24, 2.45) is 5.41 Å². The third-order valence-corrected chi connectivity index (χ3v) is 4.53. The molecule has 0 bridgehead atoms. The normalized spacial score (nSPS) is 26.7. The van der Waals surface area contributed by atoms with Crippen molar-refractivity contribution in [1.82, 2.24) is 15.1 Å². The minimum absolute atomic E-state index is 0.373. The fourth-order valence-electron chi connectivity index (χ4n) is 3.57. The van der Waals surface area contributed by atoms with E-state index in [-0.39, 0.29) is 0 Å². The summed E-state index contributed by atoms with van der Waals surface area (Å²) in [4.78, 5) is 5.44. The van der Waals surface area contributed by atoms with Gasteiger partial charge >= 0.3 is 0 Å². The lowest BCUT2D eigenvalue weighted by Crippen LogP contribution is -2.45. The summed E-state index contributed by atoms with van der Waals surface area (Å²) in [6, 6.07) is 1.44. The molecule has 112 valence electrons. The third-order valence-electron chi connectivity index (χ3n) is 4.53. The van der Waals surface area contributed by atoms with Gasteiger partial charge in [-0.05, 0) is 44.3 Å². The van der Waals surface area contributed by atoms with Crippen LogP contribution >= 0.6 is 0 Å². The Bertz CT molecular complexity index is 275. The lowest BCUT2D eigenvalue weighted by molar-refractivity contribution is 0.157. The standard InChI is InChI=1S/C16H33N3/c1-14(2)17-12-16(3,4)13-18-8-6-10-19-9-5-7-15(19)11-18/h14-15,17H,5-13H2,1-4H3. The molecule has 0 radical (unpaired) electrons. The highest BCUT2D eigenvalue weighted by atomic mass is 15.3. The average molecular weight is 267 g/mol. The largest absolute Gasteiger partial charge is 0.314 e. The SMILES string of the molecule is CC(C)NCC(C)(C)CN1CCCN2CCCC2C1.